The molecule has 27 heavy (non-hydrogen) atoms. The van der Waals surface area contributed by atoms with Gasteiger partial charge in [-0.15, -0.1) is 0 Å². The number of fused-ring (bicyclic) bond motifs is 2. The van der Waals surface area contributed by atoms with Gasteiger partial charge >= 0.3 is 0 Å². The van der Waals surface area contributed by atoms with E-state index in [0.29, 0.717) is 5.69 Å². The number of para-hydroxylation sites is 1. The first-order valence-electron chi connectivity index (χ1n) is 8.29. The number of ketones is 1. The molecule has 0 spiro atoms. The van der Waals surface area contributed by atoms with Crippen molar-refractivity contribution in [1.82, 2.24) is 0 Å². The number of aryl methyl sites for hydroxylation is 1. The minimum absolute atomic E-state index is 0.0287. The van der Waals surface area contributed by atoms with Crippen LogP contribution in [0.3, 0.4) is 0 Å². The minimum atomic E-state index is -3.87. The summed E-state index contributed by atoms with van der Waals surface area (Å²) in [7, 11) is -3.87. The Hall–Kier alpha value is -3.25. The number of benzene rings is 3. The molecule has 134 valence electrons. The van der Waals surface area contributed by atoms with E-state index in [9.17, 15) is 18.0 Å². The molecule has 1 aliphatic rings. The summed E-state index contributed by atoms with van der Waals surface area (Å²) in [4.78, 5) is 25.1. The fraction of sp³-hybridized carbons (Fsp3) is 0.0476. The Balaban J connectivity index is 1.78. The molecule has 0 atom stereocenters. The molecule has 3 aromatic carbocycles. The van der Waals surface area contributed by atoms with Gasteiger partial charge < -0.3 is 5.32 Å². The van der Waals surface area contributed by atoms with E-state index in [-0.39, 0.29) is 32.3 Å². The van der Waals surface area contributed by atoms with Crippen molar-refractivity contribution in [3.05, 3.63) is 89.0 Å². The summed E-state index contributed by atoms with van der Waals surface area (Å²) < 4.78 is 25.9. The number of nitrogens with one attached hydrogen (secondary N) is 1. The van der Waals surface area contributed by atoms with Crippen LogP contribution in [0.4, 0.5) is 5.69 Å². The van der Waals surface area contributed by atoms with Crippen molar-refractivity contribution in [2.75, 3.05) is 5.32 Å². The van der Waals surface area contributed by atoms with E-state index in [0.717, 1.165) is 5.56 Å². The second-order valence-electron chi connectivity index (χ2n) is 6.31. The van der Waals surface area contributed by atoms with E-state index in [1.54, 1.807) is 24.3 Å². The molecule has 0 aliphatic carbocycles. The molecule has 0 unspecified atom stereocenters. The molecule has 1 amide bonds. The molecule has 0 bridgehead atoms. The lowest BCUT2D eigenvalue weighted by molar-refractivity contribution is 0.101. The lowest BCUT2D eigenvalue weighted by Gasteiger charge is -2.19. The van der Waals surface area contributed by atoms with Crippen LogP contribution >= 0.6 is 0 Å². The van der Waals surface area contributed by atoms with Crippen LogP contribution in [0.15, 0.2) is 76.5 Å². The number of carbonyl (C=O) groups is 2. The molecular weight excluding hydrogens is 362 g/mol. The zero-order chi connectivity index (χ0) is 19.2. The van der Waals surface area contributed by atoms with E-state index < -0.39 is 15.7 Å². The van der Waals surface area contributed by atoms with Gasteiger partial charge in [-0.25, -0.2) is 8.42 Å². The van der Waals surface area contributed by atoms with Crippen molar-refractivity contribution in [3.63, 3.8) is 0 Å². The number of hydrogen-bond acceptors (Lipinski definition) is 4. The zero-order valence-corrected chi connectivity index (χ0v) is 15.2. The van der Waals surface area contributed by atoms with Gasteiger partial charge in [0, 0.05) is 22.4 Å². The van der Waals surface area contributed by atoms with E-state index in [1.807, 2.05) is 19.1 Å². The number of sulfone groups is 1. The monoisotopic (exact) mass is 377 g/mol. The maximum atomic E-state index is 12.9. The van der Waals surface area contributed by atoms with Gasteiger partial charge in [0.05, 0.1) is 9.79 Å². The summed E-state index contributed by atoms with van der Waals surface area (Å²) in [5.74, 6) is -0.796. The zero-order valence-electron chi connectivity index (χ0n) is 14.4. The van der Waals surface area contributed by atoms with Crippen LogP contribution in [0.1, 0.15) is 31.8 Å². The SMILES string of the molecule is Cc1ccccc1NC(=O)c1ccc2c(c1)S(=O)(=O)c1ccccc1C2=O. The van der Waals surface area contributed by atoms with Crippen LogP contribution in [0.5, 0.6) is 0 Å². The normalized spacial score (nSPS) is 14.2. The third kappa shape index (κ3) is 2.74. The molecule has 6 heteroatoms. The number of anilines is 1. The van der Waals surface area contributed by atoms with Gasteiger partial charge in [0.2, 0.25) is 9.84 Å². The number of hydrogen-bond donors (Lipinski definition) is 1. The van der Waals surface area contributed by atoms with Crippen LogP contribution in [0.2, 0.25) is 0 Å². The predicted molar refractivity (Wildman–Crippen MR) is 101 cm³/mol. The average Bonchev–Trinajstić information content (AvgIpc) is 2.68. The fourth-order valence-corrected chi connectivity index (χ4v) is 4.81. The van der Waals surface area contributed by atoms with Crippen LogP contribution in [-0.2, 0) is 9.84 Å². The lowest BCUT2D eigenvalue weighted by Crippen LogP contribution is -2.21. The molecule has 0 saturated carbocycles. The van der Waals surface area contributed by atoms with Crippen LogP contribution in [-0.4, -0.2) is 20.1 Å². The summed E-state index contributed by atoms with van der Waals surface area (Å²) in [5.41, 5.74) is 1.95. The minimum Gasteiger partial charge on any atom is -0.322 e. The Morgan fingerprint density at radius 1 is 0.852 bits per heavy atom. The first-order chi connectivity index (χ1) is 12.9. The van der Waals surface area contributed by atoms with Gasteiger partial charge in [-0.2, -0.15) is 0 Å². The standard InChI is InChI=1S/C21H15NO4S/c1-13-6-2-4-8-17(13)22-21(24)14-10-11-16-19(12-14)27(25,26)18-9-5-3-7-15(18)20(16)23/h2-12H,1H3,(H,22,24). The van der Waals surface area contributed by atoms with Crippen molar-refractivity contribution in [2.45, 2.75) is 16.7 Å². The topological polar surface area (TPSA) is 80.3 Å². The second-order valence-corrected chi connectivity index (χ2v) is 8.20. The predicted octanol–water partition coefficient (Wildman–Crippen LogP) is 3.62. The fourth-order valence-electron chi connectivity index (χ4n) is 3.13. The van der Waals surface area contributed by atoms with Crippen LogP contribution < -0.4 is 5.32 Å². The van der Waals surface area contributed by atoms with Crippen LogP contribution in [0.25, 0.3) is 0 Å². The Bertz CT molecular complexity index is 1210. The lowest BCUT2D eigenvalue weighted by atomic mass is 10.0. The molecule has 1 heterocycles. The van der Waals surface area contributed by atoms with Gasteiger partial charge in [-0.3, -0.25) is 9.59 Å². The van der Waals surface area contributed by atoms with Crippen LogP contribution in [0, 0.1) is 6.92 Å². The number of rotatable bonds is 2. The molecule has 0 radical (unpaired) electrons. The van der Waals surface area contributed by atoms with Gasteiger partial charge in [-0.05, 0) is 48.9 Å². The first kappa shape index (κ1) is 17.2. The van der Waals surface area contributed by atoms with Crippen molar-refractivity contribution >= 4 is 27.2 Å². The molecular formula is C21H15NO4S. The molecule has 1 aliphatic heterocycles. The third-order valence-corrected chi connectivity index (χ3v) is 6.44. The maximum absolute atomic E-state index is 12.9. The quantitative estimate of drug-likeness (QED) is 0.578. The van der Waals surface area contributed by atoms with E-state index >= 15 is 0 Å². The summed E-state index contributed by atoms with van der Waals surface area (Å²) in [5, 5.41) is 2.77. The van der Waals surface area contributed by atoms with Gasteiger partial charge in [0.15, 0.2) is 5.78 Å². The summed E-state index contributed by atoms with van der Waals surface area (Å²) in [6.07, 6.45) is 0. The smallest absolute Gasteiger partial charge is 0.255 e. The van der Waals surface area contributed by atoms with Crippen molar-refractivity contribution in [1.29, 1.82) is 0 Å². The van der Waals surface area contributed by atoms with Gasteiger partial charge in [-0.1, -0.05) is 30.3 Å². The highest BCUT2D eigenvalue weighted by Crippen LogP contribution is 2.34. The molecule has 5 nitrogen and oxygen atoms in total. The average molecular weight is 377 g/mol. The summed E-state index contributed by atoms with van der Waals surface area (Å²) >= 11 is 0. The maximum Gasteiger partial charge on any atom is 0.255 e. The Labute approximate surface area is 156 Å². The third-order valence-electron chi connectivity index (χ3n) is 4.59. The van der Waals surface area contributed by atoms with Crippen molar-refractivity contribution in [3.8, 4) is 0 Å². The molecule has 3 aromatic rings. The summed E-state index contributed by atoms with van der Waals surface area (Å²) in [6, 6.07) is 17.5. The first-order valence-corrected chi connectivity index (χ1v) is 9.78. The Morgan fingerprint density at radius 3 is 2.30 bits per heavy atom. The summed E-state index contributed by atoms with van der Waals surface area (Å²) in [6.45, 7) is 1.86. The number of amides is 1. The molecule has 1 N–H and O–H groups in total. The van der Waals surface area contributed by atoms with E-state index in [4.69, 9.17) is 0 Å². The van der Waals surface area contributed by atoms with E-state index in [1.165, 1.54) is 30.3 Å². The largest absolute Gasteiger partial charge is 0.322 e. The highest BCUT2D eigenvalue weighted by atomic mass is 32.2. The molecule has 4 rings (SSSR count). The Morgan fingerprint density at radius 2 is 1.52 bits per heavy atom. The highest BCUT2D eigenvalue weighted by molar-refractivity contribution is 7.91. The van der Waals surface area contributed by atoms with Crippen molar-refractivity contribution in [2.24, 2.45) is 0 Å². The van der Waals surface area contributed by atoms with E-state index in [2.05, 4.69) is 5.32 Å². The molecule has 0 saturated heterocycles. The molecule has 0 aromatic heterocycles. The molecule has 0 fully saturated rings. The Kier molecular flexibility index (Phi) is 3.93. The van der Waals surface area contributed by atoms with Gasteiger partial charge in [0.1, 0.15) is 0 Å². The second kappa shape index (κ2) is 6.17. The highest BCUT2D eigenvalue weighted by Gasteiger charge is 2.35. The van der Waals surface area contributed by atoms with Gasteiger partial charge in [0.25, 0.3) is 5.91 Å². The van der Waals surface area contributed by atoms with Crippen molar-refractivity contribution < 1.29 is 18.0 Å². The number of carbonyl (C=O) groups excluding carboxylic acids is 2.